The summed E-state index contributed by atoms with van der Waals surface area (Å²) in [6.07, 6.45) is 2.33. The van der Waals surface area contributed by atoms with Crippen molar-refractivity contribution < 1.29 is 13.6 Å². The standard InChI is InChI=1S/C18H30FN3O2/c1-13(2)15-14(21-12-24-15)10-22-8-6-18(19,7-9-22)11-20-16(23)17(3,4)5/h12-13H,6-11H2,1-5H3,(H,20,23). The van der Waals surface area contributed by atoms with E-state index in [-0.39, 0.29) is 12.5 Å². The normalized spacial score (nSPS) is 18.8. The zero-order valence-electron chi connectivity index (χ0n) is 15.5. The molecule has 1 aliphatic heterocycles. The van der Waals surface area contributed by atoms with Gasteiger partial charge in [0, 0.05) is 31.0 Å². The summed E-state index contributed by atoms with van der Waals surface area (Å²) in [5, 5.41) is 2.76. The molecule has 0 unspecified atom stereocenters. The third-order valence-corrected chi connectivity index (χ3v) is 4.57. The lowest BCUT2D eigenvalue weighted by Gasteiger charge is -2.36. The van der Waals surface area contributed by atoms with Gasteiger partial charge in [-0.1, -0.05) is 34.6 Å². The molecule has 0 spiro atoms. The summed E-state index contributed by atoms with van der Waals surface area (Å²) in [6, 6.07) is 0. The molecule has 0 saturated carbocycles. The zero-order chi connectivity index (χ0) is 18.0. The van der Waals surface area contributed by atoms with E-state index in [1.54, 1.807) is 0 Å². The molecule has 1 amide bonds. The number of halogens is 1. The lowest BCUT2D eigenvalue weighted by molar-refractivity contribution is -0.129. The molecule has 0 bridgehead atoms. The Bertz CT molecular complexity index is 555. The average Bonchev–Trinajstić information content (AvgIpc) is 2.95. The van der Waals surface area contributed by atoms with Crippen LogP contribution in [0.4, 0.5) is 4.39 Å². The number of aromatic nitrogens is 1. The number of hydrogen-bond donors (Lipinski definition) is 1. The lowest BCUT2D eigenvalue weighted by Crippen LogP contribution is -2.49. The molecule has 6 heteroatoms. The maximum absolute atomic E-state index is 14.9. The van der Waals surface area contributed by atoms with E-state index < -0.39 is 11.1 Å². The van der Waals surface area contributed by atoms with Crippen LogP contribution in [0.3, 0.4) is 0 Å². The summed E-state index contributed by atoms with van der Waals surface area (Å²) < 4.78 is 20.4. The molecule has 5 nitrogen and oxygen atoms in total. The van der Waals surface area contributed by atoms with E-state index in [0.717, 1.165) is 11.5 Å². The second-order valence-electron chi connectivity index (χ2n) is 8.18. The third kappa shape index (κ3) is 4.79. The fourth-order valence-corrected chi connectivity index (χ4v) is 2.87. The highest BCUT2D eigenvalue weighted by Gasteiger charge is 2.36. The summed E-state index contributed by atoms with van der Waals surface area (Å²) >= 11 is 0. The van der Waals surface area contributed by atoms with Gasteiger partial charge in [0.05, 0.1) is 12.2 Å². The molecular formula is C18H30FN3O2. The van der Waals surface area contributed by atoms with Gasteiger partial charge < -0.3 is 9.73 Å². The quantitative estimate of drug-likeness (QED) is 0.894. The fraction of sp³-hybridized carbons (Fsp3) is 0.778. The molecule has 2 rings (SSSR count). The molecule has 1 aromatic heterocycles. The van der Waals surface area contributed by atoms with E-state index in [0.29, 0.717) is 38.4 Å². The van der Waals surface area contributed by atoms with Crippen LogP contribution in [0.5, 0.6) is 0 Å². The van der Waals surface area contributed by atoms with Crippen LogP contribution in [-0.4, -0.2) is 41.1 Å². The molecule has 0 atom stereocenters. The fourth-order valence-electron chi connectivity index (χ4n) is 2.87. The monoisotopic (exact) mass is 339 g/mol. The minimum absolute atomic E-state index is 0.0954. The van der Waals surface area contributed by atoms with Gasteiger partial charge in [0.25, 0.3) is 0 Å². The molecule has 1 aromatic rings. The summed E-state index contributed by atoms with van der Waals surface area (Å²) in [7, 11) is 0. The number of rotatable bonds is 5. The van der Waals surface area contributed by atoms with Gasteiger partial charge in [0.15, 0.2) is 6.39 Å². The van der Waals surface area contributed by atoms with Gasteiger partial charge >= 0.3 is 0 Å². The van der Waals surface area contributed by atoms with Crippen molar-refractivity contribution in [1.29, 1.82) is 0 Å². The number of nitrogens with zero attached hydrogens (tertiary/aromatic N) is 2. The van der Waals surface area contributed by atoms with E-state index in [1.165, 1.54) is 6.39 Å². The number of alkyl halides is 1. The smallest absolute Gasteiger partial charge is 0.225 e. The van der Waals surface area contributed by atoms with E-state index in [9.17, 15) is 9.18 Å². The van der Waals surface area contributed by atoms with Crippen LogP contribution in [-0.2, 0) is 11.3 Å². The van der Waals surface area contributed by atoms with Crippen molar-refractivity contribution in [2.24, 2.45) is 5.41 Å². The van der Waals surface area contributed by atoms with Crippen molar-refractivity contribution in [2.45, 2.75) is 65.6 Å². The van der Waals surface area contributed by atoms with Gasteiger partial charge in [-0.15, -0.1) is 0 Å². The first kappa shape index (κ1) is 18.9. The van der Waals surface area contributed by atoms with Gasteiger partial charge in [-0.2, -0.15) is 0 Å². The van der Waals surface area contributed by atoms with E-state index in [1.807, 2.05) is 20.8 Å². The molecule has 1 saturated heterocycles. The first-order valence-corrected chi connectivity index (χ1v) is 8.72. The summed E-state index contributed by atoms with van der Waals surface area (Å²) in [5.74, 6) is 1.09. The highest BCUT2D eigenvalue weighted by molar-refractivity contribution is 5.81. The number of oxazole rings is 1. The number of carbonyl (C=O) groups is 1. The third-order valence-electron chi connectivity index (χ3n) is 4.57. The zero-order valence-corrected chi connectivity index (χ0v) is 15.5. The first-order chi connectivity index (χ1) is 11.1. The Labute approximate surface area is 144 Å². The molecule has 24 heavy (non-hydrogen) atoms. The van der Waals surface area contributed by atoms with E-state index in [4.69, 9.17) is 4.42 Å². The molecule has 0 radical (unpaired) electrons. The minimum Gasteiger partial charge on any atom is -0.448 e. The maximum atomic E-state index is 14.9. The number of piperidine rings is 1. The molecule has 1 aliphatic rings. The van der Waals surface area contributed by atoms with Crippen LogP contribution in [0.1, 0.15) is 64.8 Å². The Morgan fingerprint density at radius 2 is 2.04 bits per heavy atom. The molecule has 1 N–H and O–H groups in total. The van der Waals surface area contributed by atoms with E-state index in [2.05, 4.69) is 29.0 Å². The number of carbonyl (C=O) groups excluding carboxylic acids is 1. The van der Waals surface area contributed by atoms with Crippen molar-refractivity contribution in [3.8, 4) is 0 Å². The van der Waals surface area contributed by atoms with Crippen LogP contribution >= 0.6 is 0 Å². The Morgan fingerprint density at radius 1 is 1.42 bits per heavy atom. The number of amides is 1. The predicted octanol–water partition coefficient (Wildman–Crippen LogP) is 3.26. The van der Waals surface area contributed by atoms with Crippen molar-refractivity contribution in [1.82, 2.24) is 15.2 Å². The Hall–Kier alpha value is -1.43. The SMILES string of the molecule is CC(C)c1ocnc1CN1CCC(F)(CNC(=O)C(C)(C)C)CC1. The molecule has 1 fully saturated rings. The first-order valence-electron chi connectivity index (χ1n) is 8.72. The lowest BCUT2D eigenvalue weighted by atomic mass is 9.91. The largest absolute Gasteiger partial charge is 0.448 e. The van der Waals surface area contributed by atoms with Crippen LogP contribution in [0.15, 0.2) is 10.8 Å². The predicted molar refractivity (Wildman–Crippen MR) is 91.4 cm³/mol. The van der Waals surface area contributed by atoms with Crippen molar-refractivity contribution >= 4 is 5.91 Å². The molecule has 136 valence electrons. The van der Waals surface area contributed by atoms with Crippen LogP contribution in [0.2, 0.25) is 0 Å². The van der Waals surface area contributed by atoms with Crippen LogP contribution in [0, 0.1) is 5.41 Å². The molecular weight excluding hydrogens is 309 g/mol. The number of hydrogen-bond acceptors (Lipinski definition) is 4. The topological polar surface area (TPSA) is 58.4 Å². The summed E-state index contributed by atoms with van der Waals surface area (Å²) in [5.41, 5.74) is -0.864. The van der Waals surface area contributed by atoms with Gasteiger partial charge in [-0.3, -0.25) is 9.69 Å². The number of likely N-dealkylation sites (tertiary alicyclic amines) is 1. The summed E-state index contributed by atoms with van der Waals surface area (Å²) in [6.45, 7) is 11.8. The van der Waals surface area contributed by atoms with Gasteiger partial charge in [-0.05, 0) is 12.8 Å². The maximum Gasteiger partial charge on any atom is 0.225 e. The highest BCUT2D eigenvalue weighted by Crippen LogP contribution is 2.28. The van der Waals surface area contributed by atoms with Crippen LogP contribution in [0.25, 0.3) is 0 Å². The van der Waals surface area contributed by atoms with Crippen LogP contribution < -0.4 is 5.32 Å². The second kappa shape index (κ2) is 7.21. The van der Waals surface area contributed by atoms with Crippen molar-refractivity contribution in [3.63, 3.8) is 0 Å². The Kier molecular flexibility index (Phi) is 5.68. The molecule has 2 heterocycles. The molecule has 0 aliphatic carbocycles. The Morgan fingerprint density at radius 3 is 2.58 bits per heavy atom. The van der Waals surface area contributed by atoms with Crippen molar-refractivity contribution in [3.05, 3.63) is 17.8 Å². The average molecular weight is 339 g/mol. The molecule has 0 aromatic carbocycles. The second-order valence-corrected chi connectivity index (χ2v) is 8.18. The van der Waals surface area contributed by atoms with Gasteiger partial charge in [0.1, 0.15) is 11.4 Å². The summed E-state index contributed by atoms with van der Waals surface area (Å²) in [4.78, 5) is 18.4. The highest BCUT2D eigenvalue weighted by atomic mass is 19.1. The Balaban J connectivity index is 1.84. The van der Waals surface area contributed by atoms with E-state index >= 15 is 0 Å². The van der Waals surface area contributed by atoms with Gasteiger partial charge in [0.2, 0.25) is 5.91 Å². The van der Waals surface area contributed by atoms with Crippen molar-refractivity contribution in [2.75, 3.05) is 19.6 Å². The number of nitrogens with one attached hydrogen (secondary N) is 1. The van der Waals surface area contributed by atoms with Gasteiger partial charge in [-0.25, -0.2) is 9.37 Å². The minimum atomic E-state index is -1.32.